The first-order chi connectivity index (χ1) is 8.76. The minimum atomic E-state index is 0.0890. The number of methoxy groups -OCH3 is 1. The molecule has 0 radical (unpaired) electrons. The minimum Gasteiger partial charge on any atom is -0.497 e. The predicted octanol–water partition coefficient (Wildman–Crippen LogP) is 2.38. The molecule has 0 atom stereocenters. The molecule has 1 rings (SSSR count). The lowest BCUT2D eigenvalue weighted by Crippen LogP contribution is -2.27. The number of unbranched alkanes of at least 4 members (excludes halogenated alkanes) is 1. The number of hydrogen-bond donors (Lipinski definition) is 1. The molecule has 1 aromatic rings. The Morgan fingerprint density at radius 3 is 2.83 bits per heavy atom. The van der Waals surface area contributed by atoms with Crippen molar-refractivity contribution in [2.75, 3.05) is 20.3 Å². The highest BCUT2D eigenvalue weighted by Crippen LogP contribution is 2.18. The maximum atomic E-state index is 11.3. The van der Waals surface area contributed by atoms with Crippen molar-refractivity contribution in [2.24, 2.45) is 0 Å². The van der Waals surface area contributed by atoms with Gasteiger partial charge >= 0.3 is 0 Å². The number of ether oxygens (including phenoxy) is 2. The van der Waals surface area contributed by atoms with E-state index in [0.29, 0.717) is 19.6 Å². The summed E-state index contributed by atoms with van der Waals surface area (Å²) in [5, 5.41) is 2.82. The molecule has 100 valence electrons. The fraction of sp³-hybridized carbons (Fsp3) is 0.500. The van der Waals surface area contributed by atoms with Gasteiger partial charge in [0.05, 0.1) is 13.7 Å². The molecule has 0 fully saturated rings. The second-order valence-corrected chi connectivity index (χ2v) is 3.98. The van der Waals surface area contributed by atoms with E-state index in [1.54, 1.807) is 7.11 Å². The van der Waals surface area contributed by atoms with Crippen LogP contribution in [-0.4, -0.2) is 26.2 Å². The second-order valence-electron chi connectivity index (χ2n) is 3.98. The normalized spacial score (nSPS) is 9.89. The lowest BCUT2D eigenvalue weighted by atomic mass is 10.2. The zero-order chi connectivity index (χ0) is 13.2. The minimum absolute atomic E-state index is 0.0890. The van der Waals surface area contributed by atoms with Gasteiger partial charge in [0.25, 0.3) is 0 Å². The van der Waals surface area contributed by atoms with E-state index in [4.69, 9.17) is 9.47 Å². The van der Waals surface area contributed by atoms with Crippen LogP contribution in [0.5, 0.6) is 11.5 Å². The summed E-state index contributed by atoms with van der Waals surface area (Å²) in [6, 6.07) is 7.41. The predicted molar refractivity (Wildman–Crippen MR) is 71.0 cm³/mol. The van der Waals surface area contributed by atoms with Crippen LogP contribution in [0.25, 0.3) is 0 Å². The van der Waals surface area contributed by atoms with Crippen LogP contribution >= 0.6 is 0 Å². The zero-order valence-electron chi connectivity index (χ0n) is 11.1. The van der Waals surface area contributed by atoms with Gasteiger partial charge in [0.1, 0.15) is 18.1 Å². The summed E-state index contributed by atoms with van der Waals surface area (Å²) < 4.78 is 10.6. The van der Waals surface area contributed by atoms with Crippen molar-refractivity contribution in [1.29, 1.82) is 0 Å². The molecule has 0 aromatic heterocycles. The average molecular weight is 251 g/mol. The molecule has 4 heteroatoms. The van der Waals surface area contributed by atoms with Gasteiger partial charge < -0.3 is 14.8 Å². The zero-order valence-corrected chi connectivity index (χ0v) is 11.1. The quantitative estimate of drug-likeness (QED) is 0.722. The molecule has 1 aromatic carbocycles. The van der Waals surface area contributed by atoms with Gasteiger partial charge in [0.15, 0.2) is 0 Å². The Bertz CT molecular complexity index is 366. The number of amides is 1. The summed E-state index contributed by atoms with van der Waals surface area (Å²) in [5.74, 6) is 1.60. The van der Waals surface area contributed by atoms with Gasteiger partial charge in [0.2, 0.25) is 5.91 Å². The van der Waals surface area contributed by atoms with E-state index in [0.717, 1.165) is 24.3 Å². The fourth-order valence-electron chi connectivity index (χ4n) is 1.48. The Kier molecular flexibility index (Phi) is 6.69. The number of nitrogens with one attached hydrogen (secondary N) is 1. The van der Waals surface area contributed by atoms with E-state index in [-0.39, 0.29) is 5.91 Å². The summed E-state index contributed by atoms with van der Waals surface area (Å²) in [7, 11) is 1.62. The third kappa shape index (κ3) is 5.57. The molecule has 0 saturated heterocycles. The fourth-order valence-corrected chi connectivity index (χ4v) is 1.48. The first kappa shape index (κ1) is 14.4. The van der Waals surface area contributed by atoms with Crippen LogP contribution in [0.4, 0.5) is 0 Å². The Morgan fingerprint density at radius 2 is 2.11 bits per heavy atom. The molecule has 0 unspecified atom stereocenters. The summed E-state index contributed by atoms with van der Waals surface area (Å²) in [4.78, 5) is 11.3. The highest BCUT2D eigenvalue weighted by atomic mass is 16.5. The van der Waals surface area contributed by atoms with Crippen LogP contribution < -0.4 is 14.8 Å². The average Bonchev–Trinajstić information content (AvgIpc) is 2.41. The van der Waals surface area contributed by atoms with E-state index >= 15 is 0 Å². The van der Waals surface area contributed by atoms with Crippen molar-refractivity contribution in [1.82, 2.24) is 5.32 Å². The molecule has 4 nitrogen and oxygen atoms in total. The summed E-state index contributed by atoms with van der Waals surface area (Å²) >= 11 is 0. The van der Waals surface area contributed by atoms with Gasteiger partial charge in [-0.1, -0.05) is 19.4 Å². The Hall–Kier alpha value is -1.71. The van der Waals surface area contributed by atoms with Crippen molar-refractivity contribution in [3.05, 3.63) is 24.3 Å². The third-order valence-electron chi connectivity index (χ3n) is 2.49. The highest BCUT2D eigenvalue weighted by molar-refractivity contribution is 5.75. The van der Waals surface area contributed by atoms with Crippen molar-refractivity contribution >= 4 is 5.91 Å². The Morgan fingerprint density at radius 1 is 1.33 bits per heavy atom. The SMILES string of the molecule is CCCCC(=O)NCCOc1cccc(OC)c1. The number of benzene rings is 1. The van der Waals surface area contributed by atoms with E-state index < -0.39 is 0 Å². The van der Waals surface area contributed by atoms with Crippen molar-refractivity contribution in [3.8, 4) is 11.5 Å². The van der Waals surface area contributed by atoms with Gasteiger partial charge in [-0.3, -0.25) is 4.79 Å². The molecule has 1 N–H and O–H groups in total. The smallest absolute Gasteiger partial charge is 0.220 e. The Balaban J connectivity index is 2.19. The highest BCUT2D eigenvalue weighted by Gasteiger charge is 2.00. The maximum Gasteiger partial charge on any atom is 0.220 e. The van der Waals surface area contributed by atoms with Crippen molar-refractivity contribution < 1.29 is 14.3 Å². The molecular weight excluding hydrogens is 230 g/mol. The van der Waals surface area contributed by atoms with Gasteiger partial charge in [-0.05, 0) is 18.6 Å². The second kappa shape index (κ2) is 8.39. The summed E-state index contributed by atoms with van der Waals surface area (Å²) in [5.41, 5.74) is 0. The molecule has 18 heavy (non-hydrogen) atoms. The molecular formula is C14H21NO3. The van der Waals surface area contributed by atoms with Gasteiger partial charge in [-0.15, -0.1) is 0 Å². The van der Waals surface area contributed by atoms with Crippen LogP contribution in [0, 0.1) is 0 Å². The first-order valence-electron chi connectivity index (χ1n) is 6.29. The third-order valence-corrected chi connectivity index (χ3v) is 2.49. The number of rotatable bonds is 8. The molecule has 0 bridgehead atoms. The monoisotopic (exact) mass is 251 g/mol. The molecule has 1 amide bonds. The van der Waals surface area contributed by atoms with E-state index in [1.807, 2.05) is 24.3 Å². The largest absolute Gasteiger partial charge is 0.497 e. The number of carbonyl (C=O) groups excluding carboxylic acids is 1. The number of carbonyl (C=O) groups is 1. The van der Waals surface area contributed by atoms with E-state index in [1.165, 1.54) is 0 Å². The van der Waals surface area contributed by atoms with Crippen LogP contribution in [0.3, 0.4) is 0 Å². The van der Waals surface area contributed by atoms with Gasteiger partial charge in [-0.2, -0.15) is 0 Å². The first-order valence-corrected chi connectivity index (χ1v) is 6.29. The van der Waals surface area contributed by atoms with Crippen LogP contribution in [-0.2, 0) is 4.79 Å². The molecule has 0 spiro atoms. The molecule has 0 aliphatic rings. The van der Waals surface area contributed by atoms with Crippen molar-refractivity contribution in [2.45, 2.75) is 26.2 Å². The standard InChI is InChI=1S/C14H21NO3/c1-3-4-8-14(16)15-9-10-18-13-7-5-6-12(11-13)17-2/h5-7,11H,3-4,8-10H2,1-2H3,(H,15,16). The van der Waals surface area contributed by atoms with Crippen LogP contribution in [0.15, 0.2) is 24.3 Å². The maximum absolute atomic E-state index is 11.3. The number of hydrogen-bond acceptors (Lipinski definition) is 3. The van der Waals surface area contributed by atoms with Crippen molar-refractivity contribution in [3.63, 3.8) is 0 Å². The van der Waals surface area contributed by atoms with Crippen LogP contribution in [0.2, 0.25) is 0 Å². The molecule has 0 aliphatic heterocycles. The van der Waals surface area contributed by atoms with Gasteiger partial charge in [-0.25, -0.2) is 0 Å². The van der Waals surface area contributed by atoms with Gasteiger partial charge in [0, 0.05) is 12.5 Å². The lowest BCUT2D eigenvalue weighted by molar-refractivity contribution is -0.121. The van der Waals surface area contributed by atoms with Crippen LogP contribution in [0.1, 0.15) is 26.2 Å². The topological polar surface area (TPSA) is 47.6 Å². The lowest BCUT2D eigenvalue weighted by Gasteiger charge is -2.08. The molecule has 0 saturated carbocycles. The molecule has 0 heterocycles. The van der Waals surface area contributed by atoms with E-state index in [9.17, 15) is 4.79 Å². The summed E-state index contributed by atoms with van der Waals surface area (Å²) in [6.07, 6.45) is 2.56. The molecule has 0 aliphatic carbocycles. The van der Waals surface area contributed by atoms with E-state index in [2.05, 4.69) is 12.2 Å². The Labute approximate surface area is 108 Å². The summed E-state index contributed by atoms with van der Waals surface area (Å²) in [6.45, 7) is 3.06.